The van der Waals surface area contributed by atoms with E-state index in [0.29, 0.717) is 18.1 Å². The van der Waals surface area contributed by atoms with Crippen LogP contribution in [0, 0.1) is 6.92 Å². The number of rotatable bonds is 3. The summed E-state index contributed by atoms with van der Waals surface area (Å²) < 4.78 is 0.839. The van der Waals surface area contributed by atoms with Crippen LogP contribution in [0.15, 0.2) is 22.7 Å². The number of nitrogens with two attached hydrogens (primary N) is 1. The maximum Gasteiger partial charge on any atom is 0.254 e. The fourth-order valence-corrected chi connectivity index (χ4v) is 4.38. The summed E-state index contributed by atoms with van der Waals surface area (Å²) >= 11 is 10.3. The van der Waals surface area contributed by atoms with Crippen molar-refractivity contribution in [3.63, 3.8) is 0 Å². The van der Waals surface area contributed by atoms with Gasteiger partial charge in [0.1, 0.15) is 0 Å². The van der Waals surface area contributed by atoms with Gasteiger partial charge >= 0.3 is 0 Å². The van der Waals surface area contributed by atoms with Crippen molar-refractivity contribution < 1.29 is 4.79 Å². The molecule has 0 bridgehead atoms. The van der Waals surface area contributed by atoms with Crippen LogP contribution in [0.5, 0.6) is 0 Å². The van der Waals surface area contributed by atoms with Crippen molar-refractivity contribution in [1.29, 1.82) is 0 Å². The van der Waals surface area contributed by atoms with Crippen LogP contribution in [0.1, 0.15) is 28.8 Å². The van der Waals surface area contributed by atoms with Crippen LogP contribution >= 0.6 is 39.9 Å². The van der Waals surface area contributed by atoms with Gasteiger partial charge in [0.05, 0.1) is 9.74 Å². The largest absolute Gasteiger partial charge is 0.392 e. The smallest absolute Gasteiger partial charge is 0.254 e. The number of thioether (sulfide) groups is 1. The summed E-state index contributed by atoms with van der Waals surface area (Å²) in [6, 6.07) is 5.76. The maximum atomic E-state index is 12.6. The number of aryl methyl sites for hydroxylation is 1. The Labute approximate surface area is 143 Å². The minimum Gasteiger partial charge on any atom is -0.392 e. The van der Waals surface area contributed by atoms with Crippen LogP contribution in [0.25, 0.3) is 0 Å². The summed E-state index contributed by atoms with van der Waals surface area (Å²) in [5, 5.41) is 0. The molecule has 1 amide bonds. The molecule has 0 aromatic heterocycles. The Morgan fingerprint density at radius 1 is 1.43 bits per heavy atom. The number of thiocarbonyl (C=S) groups is 1. The van der Waals surface area contributed by atoms with Crippen LogP contribution in [0.2, 0.25) is 0 Å². The molecule has 0 saturated carbocycles. The number of likely N-dealkylation sites (tertiary alicyclic amines) is 1. The molecule has 2 N–H and O–H groups in total. The zero-order valence-electron chi connectivity index (χ0n) is 12.2. The average molecular weight is 387 g/mol. The minimum atomic E-state index is -0.152. The summed E-state index contributed by atoms with van der Waals surface area (Å²) in [6.45, 7) is 3.36. The number of amides is 1. The molecule has 6 heteroatoms. The lowest BCUT2D eigenvalue weighted by atomic mass is 9.94. The Bertz CT molecular complexity index is 569. The van der Waals surface area contributed by atoms with E-state index in [9.17, 15) is 4.79 Å². The van der Waals surface area contributed by atoms with Gasteiger partial charge in [-0.3, -0.25) is 4.79 Å². The Balaban J connectivity index is 2.12. The Kier molecular flexibility index (Phi) is 5.33. The Hall–Kier alpha value is -0.590. The van der Waals surface area contributed by atoms with E-state index in [-0.39, 0.29) is 10.7 Å². The van der Waals surface area contributed by atoms with Gasteiger partial charge < -0.3 is 10.6 Å². The molecule has 114 valence electrons. The number of piperidine rings is 1. The fourth-order valence-electron chi connectivity index (χ4n) is 2.66. The summed E-state index contributed by atoms with van der Waals surface area (Å²) in [4.78, 5) is 15.1. The second-order valence-corrected chi connectivity index (χ2v) is 7.86. The molecule has 0 radical (unpaired) electrons. The third kappa shape index (κ3) is 3.43. The summed E-state index contributed by atoms with van der Waals surface area (Å²) in [5.74, 6) is 0.0950. The third-order valence-electron chi connectivity index (χ3n) is 4.12. The zero-order valence-corrected chi connectivity index (χ0v) is 15.4. The molecule has 3 nitrogen and oxygen atoms in total. The molecular weight excluding hydrogens is 368 g/mol. The van der Waals surface area contributed by atoms with E-state index in [4.69, 9.17) is 18.0 Å². The van der Waals surface area contributed by atoms with Gasteiger partial charge in [0.25, 0.3) is 5.91 Å². The van der Waals surface area contributed by atoms with Crippen molar-refractivity contribution in [2.24, 2.45) is 5.73 Å². The lowest BCUT2D eigenvalue weighted by Crippen LogP contribution is -2.50. The molecule has 1 aliphatic rings. The van der Waals surface area contributed by atoms with Gasteiger partial charge in [-0.2, -0.15) is 11.8 Å². The maximum absolute atomic E-state index is 12.6. The van der Waals surface area contributed by atoms with Crippen LogP contribution in [-0.2, 0) is 0 Å². The molecule has 1 heterocycles. The first-order chi connectivity index (χ1) is 9.89. The first-order valence-electron chi connectivity index (χ1n) is 6.80. The van der Waals surface area contributed by atoms with Crippen molar-refractivity contribution in [3.8, 4) is 0 Å². The quantitative estimate of drug-likeness (QED) is 0.808. The first-order valence-corrected chi connectivity index (χ1v) is 9.23. The molecule has 1 aromatic carbocycles. The SMILES string of the molecule is CSC1(C(N)=S)CCN(C(=O)c2ccc(Br)cc2C)CC1. The van der Waals surface area contributed by atoms with E-state index in [0.717, 1.165) is 28.4 Å². The first kappa shape index (κ1) is 16.8. The molecule has 1 fully saturated rings. The van der Waals surface area contributed by atoms with Crippen molar-refractivity contribution in [3.05, 3.63) is 33.8 Å². The van der Waals surface area contributed by atoms with E-state index in [1.165, 1.54) is 0 Å². The van der Waals surface area contributed by atoms with E-state index < -0.39 is 0 Å². The number of carbonyl (C=O) groups is 1. The molecule has 1 saturated heterocycles. The number of halogens is 1. The van der Waals surface area contributed by atoms with Crippen LogP contribution in [-0.4, -0.2) is 39.9 Å². The highest BCUT2D eigenvalue weighted by atomic mass is 79.9. The van der Waals surface area contributed by atoms with Gasteiger partial charge in [0, 0.05) is 23.1 Å². The highest BCUT2D eigenvalue weighted by Crippen LogP contribution is 2.35. The number of nitrogens with zero attached hydrogens (tertiary/aromatic N) is 1. The van der Waals surface area contributed by atoms with E-state index in [1.54, 1.807) is 11.8 Å². The molecule has 0 atom stereocenters. The lowest BCUT2D eigenvalue weighted by molar-refractivity contribution is 0.0718. The van der Waals surface area contributed by atoms with Crippen molar-refractivity contribution in [2.75, 3.05) is 19.3 Å². The monoisotopic (exact) mass is 386 g/mol. The zero-order chi connectivity index (χ0) is 15.6. The normalized spacial score (nSPS) is 17.6. The van der Waals surface area contributed by atoms with Gasteiger partial charge in [-0.15, -0.1) is 0 Å². The molecule has 21 heavy (non-hydrogen) atoms. The molecule has 0 unspecified atom stereocenters. The standard InChI is InChI=1S/C15H19BrN2OS2/c1-10-9-11(16)3-4-12(10)13(19)18-7-5-15(21-2,6-8-18)14(17)20/h3-4,9H,5-8H2,1-2H3,(H2,17,20). The molecule has 0 spiro atoms. The number of hydrogen-bond donors (Lipinski definition) is 1. The summed E-state index contributed by atoms with van der Waals surface area (Å²) in [5.41, 5.74) is 7.65. The van der Waals surface area contributed by atoms with Gasteiger partial charge in [-0.05, 0) is 49.8 Å². The van der Waals surface area contributed by atoms with Crippen LogP contribution in [0.4, 0.5) is 0 Å². The van der Waals surface area contributed by atoms with Gasteiger partial charge in [0.15, 0.2) is 0 Å². The van der Waals surface area contributed by atoms with E-state index >= 15 is 0 Å². The lowest BCUT2D eigenvalue weighted by Gasteiger charge is -2.40. The summed E-state index contributed by atoms with van der Waals surface area (Å²) in [7, 11) is 0. The molecule has 1 aromatic rings. The van der Waals surface area contributed by atoms with Crippen LogP contribution < -0.4 is 5.73 Å². The van der Waals surface area contributed by atoms with Gasteiger partial charge in [-0.25, -0.2) is 0 Å². The average Bonchev–Trinajstić information content (AvgIpc) is 2.46. The highest BCUT2D eigenvalue weighted by Gasteiger charge is 2.38. The topological polar surface area (TPSA) is 46.3 Å². The van der Waals surface area contributed by atoms with Crippen molar-refractivity contribution in [2.45, 2.75) is 24.5 Å². The summed E-state index contributed by atoms with van der Waals surface area (Å²) in [6.07, 6.45) is 3.69. The molecule has 0 aliphatic carbocycles. The van der Waals surface area contributed by atoms with Crippen molar-refractivity contribution >= 4 is 50.8 Å². The van der Waals surface area contributed by atoms with Crippen molar-refractivity contribution in [1.82, 2.24) is 4.90 Å². The minimum absolute atomic E-state index is 0.0950. The molecule has 1 aliphatic heterocycles. The predicted molar refractivity (Wildman–Crippen MR) is 97.0 cm³/mol. The van der Waals surface area contributed by atoms with Gasteiger partial charge in [0.2, 0.25) is 0 Å². The molecular formula is C15H19BrN2OS2. The second-order valence-electron chi connectivity index (χ2n) is 5.31. The third-order valence-corrected chi connectivity index (χ3v) is 6.54. The second kappa shape index (κ2) is 6.67. The number of hydrogen-bond acceptors (Lipinski definition) is 3. The van der Waals surface area contributed by atoms with Gasteiger partial charge in [-0.1, -0.05) is 28.1 Å². The Morgan fingerprint density at radius 3 is 2.52 bits per heavy atom. The van der Waals surface area contributed by atoms with Crippen LogP contribution in [0.3, 0.4) is 0 Å². The number of benzene rings is 1. The molecule has 2 rings (SSSR count). The Morgan fingerprint density at radius 2 is 2.05 bits per heavy atom. The van der Waals surface area contributed by atoms with E-state index in [1.807, 2.05) is 36.3 Å². The number of carbonyl (C=O) groups excluding carboxylic acids is 1. The fraction of sp³-hybridized carbons (Fsp3) is 0.467. The highest BCUT2D eigenvalue weighted by molar-refractivity contribution is 9.10. The predicted octanol–water partition coefficient (Wildman–Crippen LogP) is 3.38. The van der Waals surface area contributed by atoms with E-state index in [2.05, 4.69) is 15.9 Å².